The van der Waals surface area contributed by atoms with Crippen molar-refractivity contribution in [1.82, 2.24) is 4.90 Å². The van der Waals surface area contributed by atoms with Crippen molar-refractivity contribution in [2.45, 2.75) is 6.42 Å². The lowest BCUT2D eigenvalue weighted by atomic mass is 10.3. The molecule has 0 saturated carbocycles. The lowest BCUT2D eigenvalue weighted by Crippen LogP contribution is -2.39. The molecular formula is C8H13NOS. The molecule has 0 atom stereocenters. The van der Waals surface area contributed by atoms with Gasteiger partial charge in [-0.15, -0.1) is 6.58 Å². The second-order valence-electron chi connectivity index (χ2n) is 2.49. The van der Waals surface area contributed by atoms with E-state index in [-0.39, 0.29) is 0 Å². The third-order valence-corrected chi connectivity index (χ3v) is 2.11. The van der Waals surface area contributed by atoms with Gasteiger partial charge in [-0.25, -0.2) is 0 Å². The molecule has 0 N–H and O–H groups in total. The van der Waals surface area contributed by atoms with Crippen molar-refractivity contribution < 1.29 is 4.74 Å². The molecule has 0 aliphatic carbocycles. The van der Waals surface area contributed by atoms with Gasteiger partial charge in [0.15, 0.2) is 0 Å². The first kappa shape index (κ1) is 8.68. The average Bonchev–Trinajstić information content (AvgIpc) is 2.07. The van der Waals surface area contributed by atoms with Crippen LogP contribution in [-0.2, 0) is 4.74 Å². The Morgan fingerprint density at radius 2 is 2.18 bits per heavy atom. The third-order valence-electron chi connectivity index (χ3n) is 1.68. The van der Waals surface area contributed by atoms with E-state index >= 15 is 0 Å². The van der Waals surface area contributed by atoms with E-state index in [2.05, 4.69) is 11.5 Å². The van der Waals surface area contributed by atoms with Crippen LogP contribution in [0.25, 0.3) is 0 Å². The summed E-state index contributed by atoms with van der Waals surface area (Å²) in [6.45, 7) is 7.13. The SMILES string of the molecule is C=CCC(=S)N1CCOCC1. The molecule has 1 saturated heterocycles. The minimum absolute atomic E-state index is 0.803. The maximum absolute atomic E-state index is 5.20. The Bertz CT molecular complexity index is 152. The summed E-state index contributed by atoms with van der Waals surface area (Å²) in [5.74, 6) is 0. The predicted octanol–water partition coefficient (Wildman–Crippen LogP) is 1.22. The van der Waals surface area contributed by atoms with Crippen LogP contribution in [0.15, 0.2) is 12.7 Å². The molecule has 0 amide bonds. The van der Waals surface area contributed by atoms with Crippen LogP contribution in [0.4, 0.5) is 0 Å². The number of morpholine rings is 1. The van der Waals surface area contributed by atoms with E-state index in [0.717, 1.165) is 37.7 Å². The minimum Gasteiger partial charge on any atom is -0.378 e. The van der Waals surface area contributed by atoms with Gasteiger partial charge in [0.2, 0.25) is 0 Å². The molecule has 0 radical (unpaired) electrons. The van der Waals surface area contributed by atoms with Crippen molar-refractivity contribution in [2.75, 3.05) is 26.3 Å². The number of rotatable bonds is 2. The highest BCUT2D eigenvalue weighted by Crippen LogP contribution is 2.01. The van der Waals surface area contributed by atoms with E-state index in [0.29, 0.717) is 0 Å². The quantitative estimate of drug-likeness (QED) is 0.458. The van der Waals surface area contributed by atoms with E-state index < -0.39 is 0 Å². The van der Waals surface area contributed by atoms with Gasteiger partial charge >= 0.3 is 0 Å². The van der Waals surface area contributed by atoms with Crippen molar-refractivity contribution in [2.24, 2.45) is 0 Å². The Hall–Kier alpha value is -0.410. The molecule has 1 fully saturated rings. The second-order valence-corrected chi connectivity index (χ2v) is 2.96. The molecule has 1 aliphatic heterocycles. The smallest absolute Gasteiger partial charge is 0.0818 e. The summed E-state index contributed by atoms with van der Waals surface area (Å²) in [6.07, 6.45) is 2.66. The van der Waals surface area contributed by atoms with Gasteiger partial charge in [0.1, 0.15) is 0 Å². The Kier molecular flexibility index (Phi) is 3.52. The third kappa shape index (κ3) is 2.60. The highest BCUT2D eigenvalue weighted by Gasteiger charge is 2.11. The van der Waals surface area contributed by atoms with Crippen LogP contribution in [0.1, 0.15) is 6.42 Å². The molecule has 62 valence electrons. The second kappa shape index (κ2) is 4.46. The molecule has 0 aromatic rings. The standard InChI is InChI=1S/C8H13NOS/c1-2-3-8(11)9-4-6-10-7-5-9/h2H,1,3-7H2. The number of ether oxygens (including phenoxy) is 1. The number of thiocarbonyl (C=S) groups is 1. The first-order valence-electron chi connectivity index (χ1n) is 3.81. The molecule has 0 bridgehead atoms. The molecule has 0 aromatic heterocycles. The van der Waals surface area contributed by atoms with Crippen LogP contribution < -0.4 is 0 Å². The van der Waals surface area contributed by atoms with Crippen LogP contribution >= 0.6 is 12.2 Å². The van der Waals surface area contributed by atoms with Gasteiger partial charge in [-0.05, 0) is 0 Å². The zero-order valence-electron chi connectivity index (χ0n) is 6.58. The lowest BCUT2D eigenvalue weighted by molar-refractivity contribution is 0.0685. The van der Waals surface area contributed by atoms with Gasteiger partial charge < -0.3 is 9.64 Å². The van der Waals surface area contributed by atoms with Crippen LogP contribution in [0.3, 0.4) is 0 Å². The monoisotopic (exact) mass is 171 g/mol. The number of hydrogen-bond donors (Lipinski definition) is 0. The van der Waals surface area contributed by atoms with Gasteiger partial charge in [0.05, 0.1) is 18.2 Å². The van der Waals surface area contributed by atoms with Crippen LogP contribution in [0, 0.1) is 0 Å². The van der Waals surface area contributed by atoms with Crippen molar-refractivity contribution >= 4 is 17.2 Å². The van der Waals surface area contributed by atoms with E-state index in [1.165, 1.54) is 0 Å². The maximum atomic E-state index is 5.20. The van der Waals surface area contributed by atoms with Gasteiger partial charge in [0, 0.05) is 19.5 Å². The van der Waals surface area contributed by atoms with Gasteiger partial charge in [-0.2, -0.15) is 0 Å². The number of hydrogen-bond acceptors (Lipinski definition) is 2. The lowest BCUT2D eigenvalue weighted by Gasteiger charge is -2.28. The fourth-order valence-electron chi connectivity index (χ4n) is 1.07. The summed E-state index contributed by atoms with van der Waals surface area (Å²) < 4.78 is 5.20. The van der Waals surface area contributed by atoms with E-state index in [9.17, 15) is 0 Å². The van der Waals surface area contributed by atoms with E-state index in [1.807, 2.05) is 6.08 Å². The summed E-state index contributed by atoms with van der Waals surface area (Å²) >= 11 is 5.17. The predicted molar refractivity (Wildman–Crippen MR) is 49.8 cm³/mol. The zero-order chi connectivity index (χ0) is 8.10. The first-order valence-corrected chi connectivity index (χ1v) is 4.22. The number of nitrogens with zero attached hydrogens (tertiary/aromatic N) is 1. The highest BCUT2D eigenvalue weighted by molar-refractivity contribution is 7.80. The molecule has 2 nitrogen and oxygen atoms in total. The summed E-state index contributed by atoms with van der Waals surface area (Å²) in [5, 5.41) is 0. The fraction of sp³-hybridized carbons (Fsp3) is 0.625. The van der Waals surface area contributed by atoms with Crippen molar-refractivity contribution in [3.8, 4) is 0 Å². The molecule has 3 heteroatoms. The summed E-state index contributed by atoms with van der Waals surface area (Å²) in [6, 6.07) is 0. The zero-order valence-corrected chi connectivity index (χ0v) is 7.40. The maximum Gasteiger partial charge on any atom is 0.0818 e. The highest BCUT2D eigenvalue weighted by atomic mass is 32.1. The molecule has 0 spiro atoms. The minimum atomic E-state index is 0.803. The van der Waals surface area contributed by atoms with E-state index in [4.69, 9.17) is 17.0 Å². The molecule has 0 unspecified atom stereocenters. The molecular weight excluding hydrogens is 158 g/mol. The molecule has 11 heavy (non-hydrogen) atoms. The topological polar surface area (TPSA) is 12.5 Å². The Morgan fingerprint density at radius 3 is 2.73 bits per heavy atom. The van der Waals surface area contributed by atoms with Crippen LogP contribution in [0.5, 0.6) is 0 Å². The summed E-state index contributed by atoms with van der Waals surface area (Å²) in [4.78, 5) is 3.17. The van der Waals surface area contributed by atoms with E-state index in [1.54, 1.807) is 0 Å². The van der Waals surface area contributed by atoms with Gasteiger partial charge in [0.25, 0.3) is 0 Å². The average molecular weight is 171 g/mol. The molecule has 0 aromatic carbocycles. The largest absolute Gasteiger partial charge is 0.378 e. The normalized spacial score (nSPS) is 18.0. The van der Waals surface area contributed by atoms with Crippen molar-refractivity contribution in [1.29, 1.82) is 0 Å². The Balaban J connectivity index is 2.32. The van der Waals surface area contributed by atoms with Crippen molar-refractivity contribution in [3.05, 3.63) is 12.7 Å². The van der Waals surface area contributed by atoms with Crippen LogP contribution in [0.2, 0.25) is 0 Å². The molecule has 1 aliphatic rings. The summed E-state index contributed by atoms with van der Waals surface area (Å²) in [7, 11) is 0. The Morgan fingerprint density at radius 1 is 1.55 bits per heavy atom. The first-order chi connectivity index (χ1) is 5.34. The fourth-order valence-corrected chi connectivity index (χ4v) is 1.37. The van der Waals surface area contributed by atoms with Gasteiger partial charge in [-0.3, -0.25) is 0 Å². The molecule has 1 rings (SSSR count). The van der Waals surface area contributed by atoms with Crippen LogP contribution in [-0.4, -0.2) is 36.2 Å². The van der Waals surface area contributed by atoms with Gasteiger partial charge in [-0.1, -0.05) is 18.3 Å². The molecule has 1 heterocycles. The summed E-state index contributed by atoms with van der Waals surface area (Å²) in [5.41, 5.74) is 0. The Labute approximate surface area is 72.8 Å². The van der Waals surface area contributed by atoms with Crippen molar-refractivity contribution in [3.63, 3.8) is 0 Å².